The molecule has 3 aliphatic heterocycles. The molecule has 11 aromatic rings. The smallest absolute Gasteiger partial charge is 0.137 e. The second kappa shape index (κ2) is 14.9. The second-order valence-electron chi connectivity index (χ2n) is 19.5. The van der Waals surface area contributed by atoms with Gasteiger partial charge in [-0.3, -0.25) is 0 Å². The number of anilines is 6. The van der Waals surface area contributed by atoms with Crippen molar-refractivity contribution in [2.24, 2.45) is 0 Å². The van der Waals surface area contributed by atoms with Gasteiger partial charge in [0.15, 0.2) is 0 Å². The number of benzene rings is 11. The average Bonchev–Trinajstić information content (AvgIpc) is 3.92. The van der Waals surface area contributed by atoms with Gasteiger partial charge in [-0.05, 0) is 127 Å². The van der Waals surface area contributed by atoms with Gasteiger partial charge in [0, 0.05) is 24.6 Å². The van der Waals surface area contributed by atoms with Gasteiger partial charge in [0.1, 0.15) is 11.5 Å². The molecule has 0 saturated carbocycles. The van der Waals surface area contributed by atoms with E-state index in [0.717, 1.165) is 22.9 Å². The molecule has 0 aromatic heterocycles. The Morgan fingerprint density at radius 3 is 1.01 bits per heavy atom. The molecule has 0 radical (unpaired) electrons. The quantitative estimate of drug-likeness (QED) is 0.155. The van der Waals surface area contributed by atoms with Crippen LogP contribution in [0.3, 0.4) is 0 Å². The first-order valence-electron chi connectivity index (χ1n) is 24.9. The standard InChI is InChI=1S/C68H43N2OP/c1-5-20-44(21-6-1)67(45-22-7-2-8-23-45)54-30-15-13-28-50(54)52-40-38-48(42-56(52)67)69-58-32-17-33-59-64(58)72-65-60(69)34-18-36-62(65)71-63-37-19-35-61(66(63)72)70(59)49-39-41-53-51-29-14-16-31-55(51)68(57(53)43-49,46-24-9-3-10-25-46)47-26-11-4-12-27-47/h1-43H. The van der Waals surface area contributed by atoms with E-state index in [1.165, 1.54) is 105 Å². The normalized spacial score (nSPS) is 15.2. The van der Waals surface area contributed by atoms with Crippen molar-refractivity contribution in [2.75, 3.05) is 9.80 Å². The van der Waals surface area contributed by atoms with Crippen molar-refractivity contribution >= 4 is 58.0 Å². The maximum atomic E-state index is 7.11. The minimum absolute atomic E-state index is 0.533. The predicted molar refractivity (Wildman–Crippen MR) is 296 cm³/mol. The van der Waals surface area contributed by atoms with Crippen LogP contribution >= 0.6 is 7.92 Å². The van der Waals surface area contributed by atoms with Gasteiger partial charge in [0.05, 0.1) is 44.2 Å². The summed E-state index contributed by atoms with van der Waals surface area (Å²) in [6.07, 6.45) is 0. The SMILES string of the molecule is c1ccc(C2(c3ccccc3)c3ccccc3-c3ccc(N4c5cccc6c5P5c7c(cccc7N(c7ccc8c(c7)C(c7ccccc7)(c7ccccc7)c7ccccc7-8)c7cccc4c75)O6)cc32)cc1. The van der Waals surface area contributed by atoms with Crippen LogP contribution in [0.25, 0.3) is 22.3 Å². The zero-order valence-electron chi connectivity index (χ0n) is 39.1. The number of rotatable bonds is 6. The fourth-order valence-corrected chi connectivity index (χ4v) is 16.5. The molecule has 4 heteroatoms. The van der Waals surface area contributed by atoms with Crippen LogP contribution in [0.5, 0.6) is 11.5 Å². The highest BCUT2D eigenvalue weighted by molar-refractivity contribution is 7.81. The summed E-state index contributed by atoms with van der Waals surface area (Å²) < 4.78 is 7.11. The Bertz CT molecular complexity index is 3700. The molecule has 0 fully saturated rings. The largest absolute Gasteiger partial charge is 0.456 e. The summed E-state index contributed by atoms with van der Waals surface area (Å²) in [5.41, 5.74) is 21.2. The van der Waals surface area contributed by atoms with Crippen LogP contribution in [0.4, 0.5) is 34.1 Å². The number of nitrogens with zero attached hydrogens (tertiary/aromatic N) is 2. The minimum Gasteiger partial charge on any atom is -0.456 e. The molecule has 5 aliphatic rings. The third kappa shape index (κ3) is 5.08. The van der Waals surface area contributed by atoms with E-state index in [1.54, 1.807) is 0 Å². The molecule has 0 saturated heterocycles. The lowest BCUT2D eigenvalue weighted by Gasteiger charge is -2.47. The fraction of sp³-hybridized carbons (Fsp3) is 0.0294. The summed E-state index contributed by atoms with van der Waals surface area (Å²) in [6, 6.07) is 97.3. The van der Waals surface area contributed by atoms with Gasteiger partial charge < -0.3 is 14.5 Å². The highest BCUT2D eigenvalue weighted by Crippen LogP contribution is 2.64. The molecule has 72 heavy (non-hydrogen) atoms. The van der Waals surface area contributed by atoms with Crippen molar-refractivity contribution < 1.29 is 4.74 Å². The van der Waals surface area contributed by atoms with Crippen molar-refractivity contribution in [1.29, 1.82) is 0 Å². The molecule has 0 N–H and O–H groups in total. The molecule has 0 unspecified atom stereocenters. The van der Waals surface area contributed by atoms with Crippen molar-refractivity contribution in [3.05, 3.63) is 305 Å². The molecule has 0 atom stereocenters. The van der Waals surface area contributed by atoms with Gasteiger partial charge in [-0.25, -0.2) is 0 Å². The van der Waals surface area contributed by atoms with E-state index >= 15 is 0 Å². The summed E-state index contributed by atoms with van der Waals surface area (Å²) in [5, 5.41) is 3.88. The summed E-state index contributed by atoms with van der Waals surface area (Å²) in [6.45, 7) is 0. The maximum Gasteiger partial charge on any atom is 0.137 e. The molecule has 16 rings (SSSR count). The molecular formula is C68H43N2OP. The van der Waals surface area contributed by atoms with E-state index in [1.807, 2.05) is 0 Å². The van der Waals surface area contributed by atoms with Crippen molar-refractivity contribution in [3.8, 4) is 33.8 Å². The first kappa shape index (κ1) is 40.0. The highest BCUT2D eigenvalue weighted by atomic mass is 31.1. The van der Waals surface area contributed by atoms with Crippen LogP contribution < -0.4 is 30.5 Å². The number of fused-ring (bicyclic) bond motifs is 6. The molecule has 336 valence electrons. The summed E-state index contributed by atoms with van der Waals surface area (Å²) in [7, 11) is -1.01. The Morgan fingerprint density at radius 2 is 0.611 bits per heavy atom. The van der Waals surface area contributed by atoms with Gasteiger partial charge in [0.2, 0.25) is 0 Å². The lowest BCUT2D eigenvalue weighted by molar-refractivity contribution is 0.488. The molecule has 0 spiro atoms. The van der Waals surface area contributed by atoms with Crippen molar-refractivity contribution in [3.63, 3.8) is 0 Å². The third-order valence-corrected chi connectivity index (χ3v) is 18.9. The summed E-state index contributed by atoms with van der Waals surface area (Å²) in [5.74, 6) is 1.87. The lowest BCUT2D eigenvalue weighted by atomic mass is 9.67. The minimum atomic E-state index is -1.01. The van der Waals surface area contributed by atoms with Crippen LogP contribution in [0, 0.1) is 0 Å². The molecule has 0 amide bonds. The van der Waals surface area contributed by atoms with Crippen LogP contribution in [0.1, 0.15) is 44.5 Å². The van der Waals surface area contributed by atoms with Gasteiger partial charge in [-0.15, -0.1) is 0 Å². The zero-order chi connectivity index (χ0) is 47.1. The molecule has 11 aromatic carbocycles. The first-order chi connectivity index (χ1) is 35.7. The maximum absolute atomic E-state index is 7.11. The predicted octanol–water partition coefficient (Wildman–Crippen LogP) is 15.8. The number of hydrogen-bond donors (Lipinski definition) is 0. The average molecular weight is 935 g/mol. The summed E-state index contributed by atoms with van der Waals surface area (Å²) >= 11 is 0. The first-order valence-corrected chi connectivity index (χ1v) is 26.3. The molecule has 3 nitrogen and oxygen atoms in total. The Hall–Kier alpha value is -8.75. The van der Waals surface area contributed by atoms with Crippen LogP contribution in [-0.2, 0) is 10.8 Å². The Kier molecular flexibility index (Phi) is 8.28. The Balaban J connectivity index is 0.943. The topological polar surface area (TPSA) is 15.7 Å². The van der Waals surface area contributed by atoms with E-state index < -0.39 is 18.8 Å². The van der Waals surface area contributed by atoms with E-state index in [0.29, 0.717) is 0 Å². The highest BCUT2D eigenvalue weighted by Gasteiger charge is 2.50. The monoisotopic (exact) mass is 934 g/mol. The Morgan fingerprint density at radius 1 is 0.278 bits per heavy atom. The van der Waals surface area contributed by atoms with Gasteiger partial charge in [0.25, 0.3) is 0 Å². The molecule has 0 bridgehead atoms. The van der Waals surface area contributed by atoms with E-state index in [-0.39, 0.29) is 0 Å². The molecule has 2 aliphatic carbocycles. The summed E-state index contributed by atoms with van der Waals surface area (Å²) in [4.78, 5) is 5.08. The molecular weight excluding hydrogens is 892 g/mol. The number of ether oxygens (including phenoxy) is 1. The number of hydrogen-bond acceptors (Lipinski definition) is 3. The lowest BCUT2D eigenvalue weighted by Crippen LogP contribution is -2.43. The Labute approximate surface area is 420 Å². The van der Waals surface area contributed by atoms with Crippen LogP contribution in [-0.4, -0.2) is 0 Å². The zero-order valence-corrected chi connectivity index (χ0v) is 40.0. The van der Waals surface area contributed by atoms with Crippen LogP contribution in [0.15, 0.2) is 261 Å². The van der Waals surface area contributed by atoms with Crippen molar-refractivity contribution in [1.82, 2.24) is 0 Å². The van der Waals surface area contributed by atoms with E-state index in [2.05, 4.69) is 271 Å². The second-order valence-corrected chi connectivity index (χ2v) is 21.5. The molecule has 3 heterocycles. The fourth-order valence-electron chi connectivity index (χ4n) is 13.5. The van der Waals surface area contributed by atoms with E-state index in [4.69, 9.17) is 4.74 Å². The van der Waals surface area contributed by atoms with Gasteiger partial charge >= 0.3 is 0 Å². The van der Waals surface area contributed by atoms with E-state index in [9.17, 15) is 0 Å². The van der Waals surface area contributed by atoms with Crippen molar-refractivity contribution in [2.45, 2.75) is 10.8 Å². The third-order valence-electron chi connectivity index (χ3n) is 16.2. The van der Waals surface area contributed by atoms with Crippen LogP contribution in [0.2, 0.25) is 0 Å². The van der Waals surface area contributed by atoms with Gasteiger partial charge in [-0.2, -0.15) is 0 Å². The van der Waals surface area contributed by atoms with Gasteiger partial charge in [-0.1, -0.05) is 200 Å².